The fraction of sp³-hybridized carbons (Fsp3) is 0.600. The number of carboxylic acids is 1. The number of carboxylic acid groups (broad SMARTS) is 1. The average molecular weight is 194 g/mol. The lowest BCUT2D eigenvalue weighted by Gasteiger charge is -2.02. The summed E-state index contributed by atoms with van der Waals surface area (Å²) in [6, 6.07) is 0.339. The average Bonchev–Trinajstić information content (AvgIpc) is 2.76. The molecule has 4 heteroatoms. The van der Waals surface area contributed by atoms with Crippen molar-refractivity contribution in [3.05, 3.63) is 18.0 Å². The van der Waals surface area contributed by atoms with E-state index in [9.17, 15) is 4.79 Å². The van der Waals surface area contributed by atoms with Crippen LogP contribution in [-0.2, 0) is 4.79 Å². The highest BCUT2D eigenvalue weighted by Gasteiger charge is 2.44. The van der Waals surface area contributed by atoms with E-state index in [1.54, 1.807) is 6.20 Å². The van der Waals surface area contributed by atoms with Gasteiger partial charge in [-0.3, -0.25) is 9.48 Å². The summed E-state index contributed by atoms with van der Waals surface area (Å²) in [5, 5.41) is 13.0. The van der Waals surface area contributed by atoms with Crippen LogP contribution in [0.1, 0.15) is 37.8 Å². The molecular formula is C10H14N2O2. The van der Waals surface area contributed by atoms with Crippen LogP contribution in [0.4, 0.5) is 0 Å². The first-order valence-electron chi connectivity index (χ1n) is 4.86. The van der Waals surface area contributed by atoms with Gasteiger partial charge < -0.3 is 5.11 Å². The lowest BCUT2D eigenvalue weighted by molar-refractivity contribution is -0.138. The summed E-state index contributed by atoms with van der Waals surface area (Å²) in [6.45, 7) is 4.11. The van der Waals surface area contributed by atoms with Crippen LogP contribution in [0.5, 0.6) is 0 Å². The first-order chi connectivity index (χ1) is 6.59. The zero-order chi connectivity index (χ0) is 10.3. The van der Waals surface area contributed by atoms with E-state index in [4.69, 9.17) is 5.11 Å². The normalized spacial score (nSPS) is 25.4. The molecule has 1 aromatic heterocycles. The van der Waals surface area contributed by atoms with E-state index in [0.29, 0.717) is 6.04 Å². The smallest absolute Gasteiger partial charge is 0.307 e. The number of rotatable bonds is 3. The molecule has 0 aliphatic heterocycles. The second-order valence-electron chi connectivity index (χ2n) is 4.13. The van der Waals surface area contributed by atoms with Crippen LogP contribution in [0.3, 0.4) is 0 Å². The van der Waals surface area contributed by atoms with Gasteiger partial charge >= 0.3 is 5.97 Å². The minimum Gasteiger partial charge on any atom is -0.481 e. The lowest BCUT2D eigenvalue weighted by Crippen LogP contribution is -2.00. The number of aliphatic carboxylic acids is 1. The van der Waals surface area contributed by atoms with Gasteiger partial charge in [-0.1, -0.05) is 0 Å². The number of hydrogen-bond acceptors (Lipinski definition) is 2. The van der Waals surface area contributed by atoms with Crippen molar-refractivity contribution in [2.75, 3.05) is 0 Å². The molecule has 0 spiro atoms. The quantitative estimate of drug-likeness (QED) is 0.796. The third-order valence-corrected chi connectivity index (χ3v) is 2.69. The van der Waals surface area contributed by atoms with Crippen molar-refractivity contribution in [1.82, 2.24) is 9.78 Å². The Hall–Kier alpha value is -1.32. The number of nitrogens with zero attached hydrogens (tertiary/aromatic N) is 2. The number of carbonyl (C=O) groups is 1. The summed E-state index contributed by atoms with van der Waals surface area (Å²) in [7, 11) is 0. The minimum atomic E-state index is -0.688. The molecule has 1 heterocycles. The molecule has 0 radical (unpaired) electrons. The van der Waals surface area contributed by atoms with Gasteiger partial charge in [-0.2, -0.15) is 5.10 Å². The summed E-state index contributed by atoms with van der Waals surface area (Å²) in [5.74, 6) is -0.674. The second kappa shape index (κ2) is 3.12. The Kier molecular flexibility index (Phi) is 2.06. The summed E-state index contributed by atoms with van der Waals surface area (Å²) in [4.78, 5) is 10.7. The Balaban J connectivity index is 2.09. The van der Waals surface area contributed by atoms with E-state index in [0.717, 1.165) is 12.0 Å². The first-order valence-corrected chi connectivity index (χ1v) is 4.86. The predicted octanol–water partition coefficient (Wildman–Crippen LogP) is 1.65. The Morgan fingerprint density at radius 2 is 2.43 bits per heavy atom. The molecule has 76 valence electrons. The summed E-state index contributed by atoms with van der Waals surface area (Å²) in [5.41, 5.74) is 1.06. The van der Waals surface area contributed by atoms with Crippen LogP contribution < -0.4 is 0 Å². The summed E-state index contributed by atoms with van der Waals surface area (Å²) < 4.78 is 1.87. The van der Waals surface area contributed by atoms with E-state index < -0.39 is 5.97 Å². The van der Waals surface area contributed by atoms with Crippen molar-refractivity contribution in [2.45, 2.75) is 32.2 Å². The Morgan fingerprint density at radius 3 is 2.86 bits per heavy atom. The highest BCUT2D eigenvalue weighted by molar-refractivity contribution is 5.75. The molecule has 1 aromatic rings. The highest BCUT2D eigenvalue weighted by Crippen LogP contribution is 2.47. The van der Waals surface area contributed by atoms with Gasteiger partial charge in [0.05, 0.1) is 12.1 Å². The van der Waals surface area contributed by atoms with Crippen LogP contribution in [0, 0.1) is 5.92 Å². The topological polar surface area (TPSA) is 55.1 Å². The van der Waals surface area contributed by atoms with Crippen LogP contribution in [0.25, 0.3) is 0 Å². The van der Waals surface area contributed by atoms with Crippen molar-refractivity contribution in [3.63, 3.8) is 0 Å². The molecule has 1 saturated carbocycles. The maximum Gasteiger partial charge on any atom is 0.307 e. The van der Waals surface area contributed by atoms with E-state index in [1.807, 2.05) is 10.9 Å². The molecule has 1 aliphatic rings. The van der Waals surface area contributed by atoms with E-state index in [-0.39, 0.29) is 11.8 Å². The fourth-order valence-electron chi connectivity index (χ4n) is 1.66. The van der Waals surface area contributed by atoms with Crippen molar-refractivity contribution < 1.29 is 9.90 Å². The Labute approximate surface area is 82.5 Å². The van der Waals surface area contributed by atoms with Crippen LogP contribution in [0.15, 0.2) is 12.4 Å². The Morgan fingerprint density at radius 1 is 1.71 bits per heavy atom. The number of hydrogen-bond donors (Lipinski definition) is 1. The zero-order valence-corrected chi connectivity index (χ0v) is 8.34. The molecule has 0 amide bonds. The summed E-state index contributed by atoms with van der Waals surface area (Å²) >= 11 is 0. The van der Waals surface area contributed by atoms with E-state index in [1.165, 1.54) is 0 Å². The van der Waals surface area contributed by atoms with Gasteiger partial charge in [-0.25, -0.2) is 0 Å². The molecule has 1 aliphatic carbocycles. The maximum absolute atomic E-state index is 10.7. The molecule has 1 N–H and O–H groups in total. The van der Waals surface area contributed by atoms with Crippen molar-refractivity contribution in [1.29, 1.82) is 0 Å². The third kappa shape index (κ3) is 1.52. The van der Waals surface area contributed by atoms with Gasteiger partial charge in [-0.15, -0.1) is 0 Å². The fourth-order valence-corrected chi connectivity index (χ4v) is 1.66. The molecular weight excluding hydrogens is 180 g/mol. The SMILES string of the molecule is CC(C)n1cc([C@H]2C[C@H]2C(=O)O)cn1. The van der Waals surface area contributed by atoms with Crippen LogP contribution >= 0.6 is 0 Å². The molecule has 0 unspecified atom stereocenters. The minimum absolute atomic E-state index is 0.181. The third-order valence-electron chi connectivity index (χ3n) is 2.69. The lowest BCUT2D eigenvalue weighted by atomic mass is 10.2. The van der Waals surface area contributed by atoms with Crippen molar-refractivity contribution >= 4 is 5.97 Å². The molecule has 2 rings (SSSR count). The van der Waals surface area contributed by atoms with Gasteiger partial charge in [0.1, 0.15) is 0 Å². The first kappa shape index (κ1) is 9.24. The predicted molar refractivity (Wildman–Crippen MR) is 51.1 cm³/mol. The molecule has 0 bridgehead atoms. The van der Waals surface area contributed by atoms with E-state index in [2.05, 4.69) is 18.9 Å². The van der Waals surface area contributed by atoms with Gasteiger partial charge in [0.2, 0.25) is 0 Å². The van der Waals surface area contributed by atoms with Crippen molar-refractivity contribution in [2.24, 2.45) is 5.92 Å². The molecule has 14 heavy (non-hydrogen) atoms. The van der Waals surface area contributed by atoms with Gasteiger partial charge in [0, 0.05) is 18.2 Å². The standard InChI is InChI=1S/C10H14N2O2/c1-6(2)12-5-7(4-11-12)8-3-9(8)10(13)14/h4-6,8-9H,3H2,1-2H3,(H,13,14)/t8-,9-/m1/s1. The highest BCUT2D eigenvalue weighted by atomic mass is 16.4. The summed E-state index contributed by atoms with van der Waals surface area (Å²) in [6.07, 6.45) is 4.50. The molecule has 4 nitrogen and oxygen atoms in total. The molecule has 1 fully saturated rings. The monoisotopic (exact) mass is 194 g/mol. The van der Waals surface area contributed by atoms with Gasteiger partial charge in [0.25, 0.3) is 0 Å². The second-order valence-corrected chi connectivity index (χ2v) is 4.13. The van der Waals surface area contributed by atoms with Gasteiger partial charge in [0.15, 0.2) is 0 Å². The maximum atomic E-state index is 10.7. The van der Waals surface area contributed by atoms with Gasteiger partial charge in [-0.05, 0) is 25.8 Å². The largest absolute Gasteiger partial charge is 0.481 e. The van der Waals surface area contributed by atoms with E-state index >= 15 is 0 Å². The Bertz CT molecular complexity index is 357. The van der Waals surface area contributed by atoms with Crippen molar-refractivity contribution in [3.8, 4) is 0 Å². The molecule has 2 atom stereocenters. The molecule has 0 saturated heterocycles. The van der Waals surface area contributed by atoms with Crippen LogP contribution in [0.2, 0.25) is 0 Å². The number of aromatic nitrogens is 2. The zero-order valence-electron chi connectivity index (χ0n) is 8.34. The van der Waals surface area contributed by atoms with Crippen LogP contribution in [-0.4, -0.2) is 20.9 Å². The molecule has 0 aromatic carbocycles.